The van der Waals surface area contributed by atoms with E-state index in [0.717, 1.165) is 24.2 Å². The van der Waals surface area contributed by atoms with Crippen molar-refractivity contribution in [2.45, 2.75) is 50.5 Å². The molecule has 0 unspecified atom stereocenters. The quantitative estimate of drug-likeness (QED) is 0.789. The Hall–Kier alpha value is -2.08. The van der Waals surface area contributed by atoms with Gasteiger partial charge in [0.2, 0.25) is 0 Å². The van der Waals surface area contributed by atoms with Gasteiger partial charge in [-0.05, 0) is 19.3 Å². The molecule has 106 valence electrons. The standard InChI is InChI=1S/C14H18N4O2/c15-8-4-5-11(9-16)10-18-12(19)14(17-13(18)20)6-2-1-3-7-14/h11H,1-7,10H2,(H,17,20)/t11-/m1/s1. The molecule has 0 aromatic heterocycles. The minimum Gasteiger partial charge on any atom is -0.323 e. The van der Waals surface area contributed by atoms with Crippen molar-refractivity contribution in [3.8, 4) is 12.1 Å². The van der Waals surface area contributed by atoms with Crippen LogP contribution in [-0.2, 0) is 4.79 Å². The van der Waals surface area contributed by atoms with E-state index < -0.39 is 17.5 Å². The smallest absolute Gasteiger partial charge is 0.323 e. The van der Waals surface area contributed by atoms with E-state index in [4.69, 9.17) is 10.5 Å². The first kappa shape index (κ1) is 14.3. The van der Waals surface area contributed by atoms with Gasteiger partial charge in [-0.3, -0.25) is 9.69 Å². The molecule has 0 radical (unpaired) electrons. The Bertz CT molecular complexity index is 482. The van der Waals surface area contributed by atoms with E-state index in [1.165, 1.54) is 0 Å². The Kier molecular flexibility index (Phi) is 4.24. The molecule has 20 heavy (non-hydrogen) atoms. The molecule has 2 rings (SSSR count). The molecule has 0 aromatic rings. The lowest BCUT2D eigenvalue weighted by molar-refractivity contribution is -0.132. The number of urea groups is 1. The molecule has 1 aliphatic heterocycles. The fourth-order valence-electron chi connectivity index (χ4n) is 2.99. The van der Waals surface area contributed by atoms with Crippen molar-refractivity contribution in [2.24, 2.45) is 5.92 Å². The Morgan fingerprint density at radius 2 is 1.95 bits per heavy atom. The van der Waals surface area contributed by atoms with Gasteiger partial charge in [0.25, 0.3) is 5.91 Å². The topological polar surface area (TPSA) is 97.0 Å². The van der Waals surface area contributed by atoms with Crippen LogP contribution in [0.15, 0.2) is 0 Å². The molecule has 1 heterocycles. The third kappa shape index (κ3) is 2.60. The first-order chi connectivity index (χ1) is 9.63. The number of nitrogens with one attached hydrogen (secondary N) is 1. The van der Waals surface area contributed by atoms with E-state index in [1.807, 2.05) is 6.07 Å². The minimum atomic E-state index is -0.732. The van der Waals surface area contributed by atoms with Gasteiger partial charge in [-0.1, -0.05) is 19.3 Å². The summed E-state index contributed by atoms with van der Waals surface area (Å²) in [5.41, 5.74) is -0.732. The third-order valence-electron chi connectivity index (χ3n) is 4.14. The summed E-state index contributed by atoms with van der Waals surface area (Å²) in [5, 5.41) is 20.4. The van der Waals surface area contributed by atoms with Crippen molar-refractivity contribution in [1.82, 2.24) is 10.2 Å². The van der Waals surface area contributed by atoms with Gasteiger partial charge in [-0.25, -0.2) is 4.79 Å². The highest BCUT2D eigenvalue weighted by Crippen LogP contribution is 2.34. The number of hydrogen-bond acceptors (Lipinski definition) is 4. The number of amides is 3. The maximum atomic E-state index is 12.5. The average Bonchev–Trinajstić information content (AvgIpc) is 2.68. The lowest BCUT2D eigenvalue weighted by Gasteiger charge is -2.30. The summed E-state index contributed by atoms with van der Waals surface area (Å²) in [7, 11) is 0. The van der Waals surface area contributed by atoms with Gasteiger partial charge in [0.15, 0.2) is 0 Å². The second-order valence-electron chi connectivity index (χ2n) is 5.51. The number of nitrogens with zero attached hydrogens (tertiary/aromatic N) is 3. The van der Waals surface area contributed by atoms with Crippen molar-refractivity contribution in [2.75, 3.05) is 6.54 Å². The maximum absolute atomic E-state index is 12.5. The van der Waals surface area contributed by atoms with E-state index in [1.54, 1.807) is 0 Å². The van der Waals surface area contributed by atoms with Crippen molar-refractivity contribution in [3.05, 3.63) is 0 Å². The van der Waals surface area contributed by atoms with Crippen molar-refractivity contribution < 1.29 is 9.59 Å². The van der Waals surface area contributed by atoms with Gasteiger partial charge in [-0.2, -0.15) is 10.5 Å². The average molecular weight is 274 g/mol. The van der Waals surface area contributed by atoms with Crippen LogP contribution < -0.4 is 5.32 Å². The van der Waals surface area contributed by atoms with Crippen LogP contribution >= 0.6 is 0 Å². The van der Waals surface area contributed by atoms with Crippen LogP contribution in [0.3, 0.4) is 0 Å². The number of carbonyl (C=O) groups is 2. The lowest BCUT2D eigenvalue weighted by atomic mass is 9.81. The molecule has 2 aliphatic rings. The van der Waals surface area contributed by atoms with Gasteiger partial charge < -0.3 is 5.32 Å². The first-order valence-electron chi connectivity index (χ1n) is 7.03. The molecule has 1 atom stereocenters. The number of hydrogen-bond donors (Lipinski definition) is 1. The normalized spacial score (nSPS) is 22.2. The zero-order valence-electron chi connectivity index (χ0n) is 11.4. The molecule has 1 aliphatic carbocycles. The first-order valence-corrected chi connectivity index (χ1v) is 7.03. The van der Waals surface area contributed by atoms with Crippen LogP contribution in [0, 0.1) is 28.6 Å². The summed E-state index contributed by atoms with van der Waals surface area (Å²) in [4.78, 5) is 25.7. The van der Waals surface area contributed by atoms with Crippen LogP contribution in [0.1, 0.15) is 44.9 Å². The summed E-state index contributed by atoms with van der Waals surface area (Å²) in [6.07, 6.45) is 4.98. The fourth-order valence-corrected chi connectivity index (χ4v) is 2.99. The lowest BCUT2D eigenvalue weighted by Crippen LogP contribution is -2.48. The predicted octanol–water partition coefficient (Wildman–Crippen LogP) is 1.68. The monoisotopic (exact) mass is 274 g/mol. The molecule has 0 aromatic carbocycles. The highest BCUT2D eigenvalue weighted by molar-refractivity contribution is 6.07. The summed E-state index contributed by atoms with van der Waals surface area (Å²) < 4.78 is 0. The summed E-state index contributed by atoms with van der Waals surface area (Å²) in [6.45, 7) is 0.0879. The molecule has 1 saturated carbocycles. The summed E-state index contributed by atoms with van der Waals surface area (Å²) in [6, 6.07) is 3.66. The molecule has 6 nitrogen and oxygen atoms in total. The van der Waals surface area contributed by atoms with Crippen LogP contribution in [0.25, 0.3) is 0 Å². The van der Waals surface area contributed by atoms with Gasteiger partial charge in [-0.15, -0.1) is 0 Å². The Balaban J connectivity index is 2.05. The van der Waals surface area contributed by atoms with Gasteiger partial charge in [0, 0.05) is 13.0 Å². The van der Waals surface area contributed by atoms with E-state index in [2.05, 4.69) is 11.4 Å². The van der Waals surface area contributed by atoms with Crippen LogP contribution in [0.5, 0.6) is 0 Å². The predicted molar refractivity (Wildman–Crippen MR) is 70.0 cm³/mol. The number of nitriles is 2. The minimum absolute atomic E-state index is 0.0879. The number of imide groups is 1. The SMILES string of the molecule is N#CCC[C@H](C#N)CN1C(=O)NC2(CCCCC2)C1=O. The van der Waals surface area contributed by atoms with Gasteiger partial charge in [0.1, 0.15) is 5.54 Å². The second kappa shape index (κ2) is 5.92. The van der Waals surface area contributed by atoms with Crippen molar-refractivity contribution in [1.29, 1.82) is 10.5 Å². The molecule has 2 fully saturated rings. The van der Waals surface area contributed by atoms with Crippen LogP contribution in [0.4, 0.5) is 4.79 Å². The molecule has 1 N–H and O–H groups in total. The van der Waals surface area contributed by atoms with Crippen LogP contribution in [0.2, 0.25) is 0 Å². The molecule has 3 amide bonds. The van der Waals surface area contributed by atoms with E-state index >= 15 is 0 Å². The number of rotatable bonds is 4. The highest BCUT2D eigenvalue weighted by atomic mass is 16.2. The molecular weight excluding hydrogens is 256 g/mol. The van der Waals surface area contributed by atoms with Crippen molar-refractivity contribution >= 4 is 11.9 Å². The Labute approximate surface area is 118 Å². The molecule has 1 saturated heterocycles. The Morgan fingerprint density at radius 3 is 2.55 bits per heavy atom. The molecule has 0 bridgehead atoms. The van der Waals surface area contributed by atoms with Crippen molar-refractivity contribution in [3.63, 3.8) is 0 Å². The zero-order chi connectivity index (χ0) is 14.6. The van der Waals surface area contributed by atoms with Gasteiger partial charge >= 0.3 is 6.03 Å². The fraction of sp³-hybridized carbons (Fsp3) is 0.714. The maximum Gasteiger partial charge on any atom is 0.325 e. The molecular formula is C14H18N4O2. The second-order valence-corrected chi connectivity index (χ2v) is 5.51. The largest absolute Gasteiger partial charge is 0.325 e. The summed E-state index contributed by atoms with van der Waals surface area (Å²) in [5.74, 6) is -0.664. The highest BCUT2D eigenvalue weighted by Gasteiger charge is 2.51. The van der Waals surface area contributed by atoms with Crippen LogP contribution in [-0.4, -0.2) is 28.9 Å². The van der Waals surface area contributed by atoms with E-state index in [0.29, 0.717) is 19.3 Å². The molecule has 1 spiro atoms. The summed E-state index contributed by atoms with van der Waals surface area (Å²) >= 11 is 0. The van der Waals surface area contributed by atoms with Gasteiger partial charge in [0.05, 0.1) is 18.1 Å². The number of carbonyl (C=O) groups excluding carboxylic acids is 2. The van der Waals surface area contributed by atoms with E-state index in [-0.39, 0.29) is 18.9 Å². The van der Waals surface area contributed by atoms with E-state index in [9.17, 15) is 9.59 Å². The third-order valence-corrected chi connectivity index (χ3v) is 4.14. The molecule has 6 heteroatoms. The Morgan fingerprint density at radius 1 is 1.25 bits per heavy atom. The zero-order valence-corrected chi connectivity index (χ0v) is 11.4.